The van der Waals surface area contributed by atoms with E-state index in [0.717, 1.165) is 17.2 Å². The Hall–Kier alpha value is -2.22. The van der Waals surface area contributed by atoms with Crippen LogP contribution in [0, 0.1) is 0 Å². The fourth-order valence-electron chi connectivity index (χ4n) is 1.95. The Bertz CT molecular complexity index is 648. The van der Waals surface area contributed by atoms with Crippen LogP contribution in [0.1, 0.15) is 26.1 Å². The molecule has 0 aliphatic carbocycles. The normalized spacial score (nSPS) is 14.2. The van der Waals surface area contributed by atoms with Crippen LogP contribution in [0.2, 0.25) is 0 Å². The number of carboxylic acids is 1. The highest BCUT2D eigenvalue weighted by Crippen LogP contribution is 2.17. The number of aromatic carboxylic acids is 1. The molecule has 0 atom stereocenters. The average Bonchev–Trinajstić information content (AvgIpc) is 3.06. The number of fused-ring (bicyclic) bond motifs is 1. The van der Waals surface area contributed by atoms with Gasteiger partial charge in [-0.3, -0.25) is 4.79 Å². The SMILES string of the molecule is O=C(O)c1csc(C(=O)N2CCn3ccnc3C2)n1. The van der Waals surface area contributed by atoms with E-state index in [1.165, 1.54) is 5.38 Å². The number of rotatable bonds is 2. The first-order valence-electron chi connectivity index (χ1n) is 5.63. The minimum atomic E-state index is -1.12. The number of thiazole rings is 1. The summed E-state index contributed by atoms with van der Waals surface area (Å²) in [6.45, 7) is 1.69. The molecule has 2 aromatic heterocycles. The van der Waals surface area contributed by atoms with Gasteiger partial charge in [-0.15, -0.1) is 11.3 Å². The third-order valence-corrected chi connectivity index (χ3v) is 3.77. The summed E-state index contributed by atoms with van der Waals surface area (Å²) in [5, 5.41) is 10.4. The van der Waals surface area contributed by atoms with Gasteiger partial charge in [0.2, 0.25) is 0 Å². The number of nitrogens with zero attached hydrogens (tertiary/aromatic N) is 4. The number of carboxylic acid groups (broad SMARTS) is 1. The zero-order valence-electron chi connectivity index (χ0n) is 9.81. The minimum Gasteiger partial charge on any atom is -0.476 e. The van der Waals surface area contributed by atoms with Crippen LogP contribution in [0.15, 0.2) is 17.8 Å². The van der Waals surface area contributed by atoms with E-state index < -0.39 is 5.97 Å². The van der Waals surface area contributed by atoms with Crippen LogP contribution in [-0.4, -0.2) is 43.0 Å². The van der Waals surface area contributed by atoms with Gasteiger partial charge >= 0.3 is 5.97 Å². The number of amides is 1. The Morgan fingerprint density at radius 2 is 2.21 bits per heavy atom. The molecule has 0 saturated heterocycles. The molecule has 19 heavy (non-hydrogen) atoms. The smallest absolute Gasteiger partial charge is 0.355 e. The molecule has 1 amide bonds. The van der Waals surface area contributed by atoms with E-state index >= 15 is 0 Å². The molecular formula is C11H10N4O3S. The van der Waals surface area contributed by atoms with Crippen LogP contribution < -0.4 is 0 Å². The zero-order valence-corrected chi connectivity index (χ0v) is 10.6. The van der Waals surface area contributed by atoms with Gasteiger partial charge in [0.25, 0.3) is 5.91 Å². The summed E-state index contributed by atoms with van der Waals surface area (Å²) in [4.78, 5) is 32.6. The summed E-state index contributed by atoms with van der Waals surface area (Å²) >= 11 is 1.05. The molecule has 0 radical (unpaired) electrons. The molecule has 3 heterocycles. The monoisotopic (exact) mass is 278 g/mol. The Kier molecular flexibility index (Phi) is 2.79. The van der Waals surface area contributed by atoms with Gasteiger partial charge in [0.15, 0.2) is 10.7 Å². The molecule has 0 bridgehead atoms. The molecular weight excluding hydrogens is 268 g/mol. The molecule has 0 spiro atoms. The fraction of sp³-hybridized carbons (Fsp3) is 0.273. The van der Waals surface area contributed by atoms with E-state index in [-0.39, 0.29) is 16.6 Å². The van der Waals surface area contributed by atoms with Crippen molar-refractivity contribution in [2.24, 2.45) is 0 Å². The summed E-state index contributed by atoms with van der Waals surface area (Å²) < 4.78 is 1.99. The molecule has 0 aromatic carbocycles. The van der Waals surface area contributed by atoms with Gasteiger partial charge in [-0.2, -0.15) is 0 Å². The van der Waals surface area contributed by atoms with Crippen LogP contribution in [0.3, 0.4) is 0 Å². The largest absolute Gasteiger partial charge is 0.476 e. The lowest BCUT2D eigenvalue weighted by Crippen LogP contribution is -2.38. The standard InChI is InChI=1S/C11H10N4O3S/c16-10(9-13-7(6-19-9)11(17)18)15-4-3-14-2-1-12-8(14)5-15/h1-2,6H,3-5H2,(H,17,18). The summed E-state index contributed by atoms with van der Waals surface area (Å²) in [7, 11) is 0. The molecule has 8 heteroatoms. The van der Waals surface area contributed by atoms with Crippen molar-refractivity contribution in [2.75, 3.05) is 6.54 Å². The van der Waals surface area contributed by atoms with Crippen molar-refractivity contribution in [3.05, 3.63) is 34.3 Å². The molecule has 1 N–H and O–H groups in total. The second-order valence-corrected chi connectivity index (χ2v) is 4.96. The lowest BCUT2D eigenvalue weighted by atomic mass is 10.3. The molecule has 1 aliphatic heterocycles. The van der Waals surface area contributed by atoms with E-state index in [2.05, 4.69) is 9.97 Å². The number of carbonyl (C=O) groups is 2. The average molecular weight is 278 g/mol. The second kappa shape index (κ2) is 4.47. The van der Waals surface area contributed by atoms with Gasteiger partial charge < -0.3 is 14.6 Å². The molecule has 0 saturated carbocycles. The Morgan fingerprint density at radius 3 is 2.95 bits per heavy atom. The maximum absolute atomic E-state index is 12.2. The van der Waals surface area contributed by atoms with E-state index in [0.29, 0.717) is 19.6 Å². The highest BCUT2D eigenvalue weighted by molar-refractivity contribution is 7.11. The van der Waals surface area contributed by atoms with Crippen molar-refractivity contribution in [3.63, 3.8) is 0 Å². The van der Waals surface area contributed by atoms with Gasteiger partial charge in [0.05, 0.1) is 6.54 Å². The Labute approximate surface area is 112 Å². The van der Waals surface area contributed by atoms with Crippen molar-refractivity contribution in [2.45, 2.75) is 13.1 Å². The summed E-state index contributed by atoms with van der Waals surface area (Å²) in [5.41, 5.74) is -0.0909. The van der Waals surface area contributed by atoms with E-state index in [1.807, 2.05) is 10.8 Å². The first kappa shape index (κ1) is 11.8. The Balaban J connectivity index is 1.79. The van der Waals surface area contributed by atoms with Crippen molar-refractivity contribution < 1.29 is 14.7 Å². The van der Waals surface area contributed by atoms with Crippen molar-refractivity contribution in [1.29, 1.82) is 0 Å². The predicted octanol–water partition coefficient (Wildman–Crippen LogP) is 0.694. The van der Waals surface area contributed by atoms with Gasteiger partial charge in [0, 0.05) is 30.9 Å². The van der Waals surface area contributed by atoms with Crippen LogP contribution in [0.4, 0.5) is 0 Å². The van der Waals surface area contributed by atoms with Gasteiger partial charge in [0.1, 0.15) is 5.82 Å². The summed E-state index contributed by atoms with van der Waals surface area (Å²) in [5.74, 6) is -0.536. The number of aromatic nitrogens is 3. The van der Waals surface area contributed by atoms with Crippen molar-refractivity contribution >= 4 is 23.2 Å². The lowest BCUT2D eigenvalue weighted by molar-refractivity contribution is 0.0690. The molecule has 3 rings (SSSR count). The third kappa shape index (κ3) is 2.10. The summed E-state index contributed by atoms with van der Waals surface area (Å²) in [6, 6.07) is 0. The van der Waals surface area contributed by atoms with Crippen molar-refractivity contribution in [3.8, 4) is 0 Å². The molecule has 2 aromatic rings. The number of carbonyl (C=O) groups excluding carboxylic acids is 1. The van der Waals surface area contributed by atoms with E-state index in [9.17, 15) is 9.59 Å². The quantitative estimate of drug-likeness (QED) is 0.873. The maximum atomic E-state index is 12.2. The highest BCUT2D eigenvalue weighted by atomic mass is 32.1. The second-order valence-electron chi connectivity index (χ2n) is 4.11. The van der Waals surface area contributed by atoms with Gasteiger partial charge in [-0.25, -0.2) is 14.8 Å². The fourth-order valence-corrected chi connectivity index (χ4v) is 2.71. The molecule has 0 unspecified atom stereocenters. The first-order chi connectivity index (χ1) is 9.15. The third-order valence-electron chi connectivity index (χ3n) is 2.94. The van der Waals surface area contributed by atoms with Gasteiger partial charge in [-0.1, -0.05) is 0 Å². The molecule has 7 nitrogen and oxygen atoms in total. The number of hydrogen-bond donors (Lipinski definition) is 1. The van der Waals surface area contributed by atoms with Crippen LogP contribution in [-0.2, 0) is 13.1 Å². The predicted molar refractivity (Wildman–Crippen MR) is 66.0 cm³/mol. The Morgan fingerprint density at radius 1 is 1.37 bits per heavy atom. The van der Waals surface area contributed by atoms with Gasteiger partial charge in [-0.05, 0) is 0 Å². The van der Waals surface area contributed by atoms with E-state index in [1.54, 1.807) is 11.1 Å². The minimum absolute atomic E-state index is 0.0909. The zero-order chi connectivity index (χ0) is 13.4. The van der Waals surface area contributed by atoms with Crippen LogP contribution in [0.5, 0.6) is 0 Å². The highest BCUT2D eigenvalue weighted by Gasteiger charge is 2.25. The lowest BCUT2D eigenvalue weighted by Gasteiger charge is -2.26. The van der Waals surface area contributed by atoms with Crippen molar-refractivity contribution in [1.82, 2.24) is 19.4 Å². The maximum Gasteiger partial charge on any atom is 0.355 e. The van der Waals surface area contributed by atoms with Crippen LogP contribution in [0.25, 0.3) is 0 Å². The molecule has 1 aliphatic rings. The topological polar surface area (TPSA) is 88.3 Å². The summed E-state index contributed by atoms with van der Waals surface area (Å²) in [6.07, 6.45) is 3.58. The van der Waals surface area contributed by atoms with E-state index in [4.69, 9.17) is 5.11 Å². The first-order valence-corrected chi connectivity index (χ1v) is 6.51. The number of hydrogen-bond acceptors (Lipinski definition) is 5. The number of imidazole rings is 1. The molecule has 98 valence electrons. The van der Waals surface area contributed by atoms with Crippen LogP contribution >= 0.6 is 11.3 Å². The molecule has 0 fully saturated rings.